The van der Waals surface area contributed by atoms with Gasteiger partial charge in [0.1, 0.15) is 5.75 Å². The number of ether oxygens (including phenoxy) is 2. The van der Waals surface area contributed by atoms with Crippen LogP contribution in [0.15, 0.2) is 36.4 Å². The van der Waals surface area contributed by atoms with E-state index in [1.807, 2.05) is 20.0 Å². The van der Waals surface area contributed by atoms with Crippen LogP contribution in [0.2, 0.25) is 0 Å². The zero-order valence-corrected chi connectivity index (χ0v) is 12.5. The highest BCUT2D eigenvalue weighted by Gasteiger charge is 2.10. The van der Waals surface area contributed by atoms with Crippen molar-refractivity contribution >= 4 is 10.8 Å². The molecule has 1 N–H and O–H groups in total. The van der Waals surface area contributed by atoms with Crippen LogP contribution in [-0.4, -0.2) is 33.4 Å². The quantitative estimate of drug-likeness (QED) is 0.841. The SMILES string of the molecule is CCOCC(Cc1cccc2ccc(OC)cc12)NC. The second kappa shape index (κ2) is 7.27. The maximum Gasteiger partial charge on any atom is 0.119 e. The number of rotatable bonds is 7. The van der Waals surface area contributed by atoms with Gasteiger partial charge in [0.2, 0.25) is 0 Å². The van der Waals surface area contributed by atoms with Crippen molar-refractivity contribution in [3.8, 4) is 5.75 Å². The van der Waals surface area contributed by atoms with Gasteiger partial charge in [0.15, 0.2) is 0 Å². The van der Waals surface area contributed by atoms with Crippen molar-refractivity contribution in [2.45, 2.75) is 19.4 Å². The van der Waals surface area contributed by atoms with Gasteiger partial charge in [-0.05, 0) is 48.9 Å². The summed E-state index contributed by atoms with van der Waals surface area (Å²) in [5.74, 6) is 0.899. The Balaban J connectivity index is 2.28. The Morgan fingerprint density at radius 3 is 2.75 bits per heavy atom. The first-order valence-electron chi connectivity index (χ1n) is 7.09. The number of likely N-dealkylation sites (N-methyl/N-ethyl adjacent to an activating group) is 1. The van der Waals surface area contributed by atoms with Crippen LogP contribution in [0.3, 0.4) is 0 Å². The summed E-state index contributed by atoms with van der Waals surface area (Å²) in [6.07, 6.45) is 0.945. The Bertz CT molecular complexity index is 554. The largest absolute Gasteiger partial charge is 0.497 e. The third kappa shape index (κ3) is 3.50. The first-order valence-corrected chi connectivity index (χ1v) is 7.09. The van der Waals surface area contributed by atoms with E-state index in [0.29, 0.717) is 6.04 Å². The first-order chi connectivity index (χ1) is 9.78. The molecule has 0 saturated heterocycles. The molecule has 2 rings (SSSR count). The lowest BCUT2D eigenvalue weighted by molar-refractivity contribution is 0.125. The Kier molecular flexibility index (Phi) is 5.39. The molecule has 0 radical (unpaired) electrons. The van der Waals surface area contributed by atoms with Gasteiger partial charge in [-0.25, -0.2) is 0 Å². The number of hydrogen-bond acceptors (Lipinski definition) is 3. The lowest BCUT2D eigenvalue weighted by atomic mass is 9.99. The summed E-state index contributed by atoms with van der Waals surface area (Å²) in [5.41, 5.74) is 1.32. The fourth-order valence-electron chi connectivity index (χ4n) is 2.39. The van der Waals surface area contributed by atoms with Gasteiger partial charge >= 0.3 is 0 Å². The molecule has 0 aliphatic carbocycles. The monoisotopic (exact) mass is 273 g/mol. The van der Waals surface area contributed by atoms with Crippen molar-refractivity contribution < 1.29 is 9.47 Å². The van der Waals surface area contributed by atoms with E-state index >= 15 is 0 Å². The van der Waals surface area contributed by atoms with E-state index in [1.165, 1.54) is 16.3 Å². The summed E-state index contributed by atoms with van der Waals surface area (Å²) in [7, 11) is 3.69. The minimum absolute atomic E-state index is 0.326. The van der Waals surface area contributed by atoms with Crippen LogP contribution in [0.1, 0.15) is 12.5 Å². The molecule has 0 aliphatic rings. The lowest BCUT2D eigenvalue weighted by Crippen LogP contribution is -2.32. The number of benzene rings is 2. The summed E-state index contributed by atoms with van der Waals surface area (Å²) in [6.45, 7) is 3.50. The van der Waals surface area contributed by atoms with Crippen molar-refractivity contribution in [2.24, 2.45) is 0 Å². The first kappa shape index (κ1) is 14.8. The highest BCUT2D eigenvalue weighted by atomic mass is 16.5. The minimum Gasteiger partial charge on any atom is -0.497 e. The molecule has 2 aromatic carbocycles. The van der Waals surface area contributed by atoms with Crippen LogP contribution in [0.4, 0.5) is 0 Å². The molecule has 3 nitrogen and oxygen atoms in total. The Hall–Kier alpha value is -1.58. The van der Waals surface area contributed by atoms with Gasteiger partial charge in [0.05, 0.1) is 13.7 Å². The average Bonchev–Trinajstić information content (AvgIpc) is 2.51. The van der Waals surface area contributed by atoms with Gasteiger partial charge in [-0.1, -0.05) is 24.3 Å². The highest BCUT2D eigenvalue weighted by Crippen LogP contribution is 2.25. The van der Waals surface area contributed by atoms with Crippen LogP contribution in [0, 0.1) is 0 Å². The van der Waals surface area contributed by atoms with E-state index in [0.717, 1.165) is 25.4 Å². The molecule has 2 aromatic rings. The maximum atomic E-state index is 5.53. The topological polar surface area (TPSA) is 30.5 Å². The van der Waals surface area contributed by atoms with Crippen LogP contribution in [0.25, 0.3) is 10.8 Å². The summed E-state index contributed by atoms with van der Waals surface area (Å²) in [5, 5.41) is 5.82. The predicted molar refractivity (Wildman–Crippen MR) is 83.5 cm³/mol. The van der Waals surface area contributed by atoms with Crippen LogP contribution in [0.5, 0.6) is 5.75 Å². The van der Waals surface area contributed by atoms with Crippen molar-refractivity contribution in [3.63, 3.8) is 0 Å². The predicted octanol–water partition coefficient (Wildman–Crippen LogP) is 3.02. The Labute approximate surface area is 120 Å². The summed E-state index contributed by atoms with van der Waals surface area (Å²) < 4.78 is 10.9. The maximum absolute atomic E-state index is 5.53. The van der Waals surface area contributed by atoms with Crippen LogP contribution < -0.4 is 10.1 Å². The second-order valence-electron chi connectivity index (χ2n) is 4.85. The summed E-state index contributed by atoms with van der Waals surface area (Å²) >= 11 is 0. The average molecular weight is 273 g/mol. The smallest absolute Gasteiger partial charge is 0.119 e. The second-order valence-corrected chi connectivity index (χ2v) is 4.85. The van der Waals surface area contributed by atoms with Crippen molar-refractivity contribution in [1.29, 1.82) is 0 Å². The van der Waals surface area contributed by atoms with Gasteiger partial charge in [-0.15, -0.1) is 0 Å². The van der Waals surface area contributed by atoms with E-state index < -0.39 is 0 Å². The molecule has 0 heterocycles. The molecule has 0 bridgehead atoms. The number of nitrogens with one attached hydrogen (secondary N) is 1. The van der Waals surface area contributed by atoms with Crippen molar-refractivity contribution in [1.82, 2.24) is 5.32 Å². The van der Waals surface area contributed by atoms with E-state index in [-0.39, 0.29) is 0 Å². The molecule has 0 spiro atoms. The molecule has 3 heteroatoms. The van der Waals surface area contributed by atoms with Gasteiger partial charge in [-0.2, -0.15) is 0 Å². The molecular formula is C17H23NO2. The van der Waals surface area contributed by atoms with E-state index in [9.17, 15) is 0 Å². The van der Waals surface area contributed by atoms with Crippen molar-refractivity contribution in [3.05, 3.63) is 42.0 Å². The third-order valence-electron chi connectivity index (χ3n) is 3.58. The molecule has 108 valence electrons. The van der Waals surface area contributed by atoms with Gasteiger partial charge < -0.3 is 14.8 Å². The molecule has 0 aromatic heterocycles. The Morgan fingerprint density at radius 1 is 1.20 bits per heavy atom. The molecule has 0 aliphatic heterocycles. The number of methoxy groups -OCH3 is 1. The zero-order valence-electron chi connectivity index (χ0n) is 12.5. The molecular weight excluding hydrogens is 250 g/mol. The lowest BCUT2D eigenvalue weighted by Gasteiger charge is -2.17. The van der Waals surface area contributed by atoms with E-state index in [2.05, 4.69) is 35.6 Å². The van der Waals surface area contributed by atoms with E-state index in [4.69, 9.17) is 9.47 Å². The van der Waals surface area contributed by atoms with Gasteiger partial charge in [0.25, 0.3) is 0 Å². The van der Waals surface area contributed by atoms with Crippen LogP contribution >= 0.6 is 0 Å². The molecule has 20 heavy (non-hydrogen) atoms. The normalized spacial score (nSPS) is 12.6. The fraction of sp³-hybridized carbons (Fsp3) is 0.412. The molecule has 0 fully saturated rings. The number of fused-ring (bicyclic) bond motifs is 1. The van der Waals surface area contributed by atoms with Crippen LogP contribution in [-0.2, 0) is 11.2 Å². The molecule has 1 unspecified atom stereocenters. The van der Waals surface area contributed by atoms with Gasteiger partial charge in [0, 0.05) is 12.6 Å². The third-order valence-corrected chi connectivity index (χ3v) is 3.58. The summed E-state index contributed by atoms with van der Waals surface area (Å²) in [4.78, 5) is 0. The number of hydrogen-bond donors (Lipinski definition) is 1. The molecule has 0 amide bonds. The molecule has 1 atom stereocenters. The highest BCUT2D eigenvalue weighted by molar-refractivity contribution is 5.87. The van der Waals surface area contributed by atoms with Gasteiger partial charge in [-0.3, -0.25) is 0 Å². The minimum atomic E-state index is 0.326. The standard InChI is InChI=1S/C17H23NO2/c1-4-20-12-15(18-2)10-14-7-5-6-13-8-9-16(19-3)11-17(13)14/h5-9,11,15,18H,4,10,12H2,1-3H3. The molecule has 0 saturated carbocycles. The Morgan fingerprint density at radius 2 is 2.05 bits per heavy atom. The van der Waals surface area contributed by atoms with E-state index in [1.54, 1.807) is 7.11 Å². The fourth-order valence-corrected chi connectivity index (χ4v) is 2.39. The van der Waals surface area contributed by atoms with Crippen molar-refractivity contribution in [2.75, 3.05) is 27.4 Å². The zero-order chi connectivity index (χ0) is 14.4. The summed E-state index contributed by atoms with van der Waals surface area (Å²) in [6, 6.07) is 13.0.